The van der Waals surface area contributed by atoms with E-state index in [1.807, 2.05) is 24.3 Å². The van der Waals surface area contributed by atoms with Crippen molar-refractivity contribution in [2.24, 2.45) is 0 Å². The summed E-state index contributed by atoms with van der Waals surface area (Å²) in [7, 11) is 0. The Balaban J connectivity index is 2.00. The van der Waals surface area contributed by atoms with Crippen molar-refractivity contribution in [1.82, 2.24) is 20.2 Å². The minimum Gasteiger partial charge on any atom is -0.494 e. The second kappa shape index (κ2) is 5.46. The molecule has 2 heterocycles. The van der Waals surface area contributed by atoms with Crippen LogP contribution in [0.2, 0.25) is 5.28 Å². The Labute approximate surface area is 121 Å². The molecule has 0 bridgehead atoms. The minimum absolute atomic E-state index is 0.197. The number of rotatable bonds is 4. The number of ether oxygens (including phenoxy) is 1. The number of fused-ring (bicyclic) bond motifs is 1. The summed E-state index contributed by atoms with van der Waals surface area (Å²) in [6, 6.07) is 7.76. The van der Waals surface area contributed by atoms with Gasteiger partial charge in [0, 0.05) is 5.56 Å². The fraction of sp³-hybridized carbons (Fsp3) is 0.214. The zero-order valence-corrected chi connectivity index (χ0v) is 11.7. The topological polar surface area (TPSA) is 63.7 Å². The Kier molecular flexibility index (Phi) is 3.52. The van der Waals surface area contributed by atoms with Crippen LogP contribution in [0.4, 0.5) is 0 Å². The van der Waals surface area contributed by atoms with Crippen LogP contribution in [0.15, 0.2) is 30.5 Å². The largest absolute Gasteiger partial charge is 0.494 e. The van der Waals surface area contributed by atoms with E-state index in [0.29, 0.717) is 12.3 Å². The third kappa shape index (κ3) is 2.44. The van der Waals surface area contributed by atoms with Gasteiger partial charge in [-0.15, -0.1) is 0 Å². The van der Waals surface area contributed by atoms with Gasteiger partial charge in [0.05, 0.1) is 23.9 Å². The molecule has 0 aliphatic heterocycles. The van der Waals surface area contributed by atoms with E-state index in [0.717, 1.165) is 28.8 Å². The van der Waals surface area contributed by atoms with Gasteiger partial charge in [-0.2, -0.15) is 10.1 Å². The second-order valence-corrected chi connectivity index (χ2v) is 4.68. The molecule has 2 aromatic heterocycles. The molecule has 3 rings (SSSR count). The van der Waals surface area contributed by atoms with Gasteiger partial charge in [0.15, 0.2) is 5.65 Å². The van der Waals surface area contributed by atoms with Gasteiger partial charge in [-0.1, -0.05) is 6.92 Å². The number of hydrogen-bond donors (Lipinski definition) is 1. The maximum atomic E-state index is 5.94. The molecule has 5 nitrogen and oxygen atoms in total. The normalized spacial score (nSPS) is 10.9. The van der Waals surface area contributed by atoms with E-state index in [9.17, 15) is 0 Å². The summed E-state index contributed by atoms with van der Waals surface area (Å²) < 4.78 is 5.56. The Bertz CT molecular complexity index is 724. The highest BCUT2D eigenvalue weighted by Gasteiger charge is 2.10. The van der Waals surface area contributed by atoms with Gasteiger partial charge in [-0.25, -0.2) is 4.98 Å². The molecule has 0 saturated carbocycles. The van der Waals surface area contributed by atoms with Gasteiger partial charge in [0.1, 0.15) is 5.75 Å². The molecule has 1 aromatic carbocycles. The first-order valence-electron chi connectivity index (χ1n) is 6.38. The standard InChI is InChI=1S/C14H13ClN4O/c1-2-7-20-10-5-3-9(4-6-10)12-11-8-16-19-13(11)18-14(15)17-12/h3-6,8H,2,7H2,1H3,(H,16,17,18,19). The molecular formula is C14H13ClN4O. The second-order valence-electron chi connectivity index (χ2n) is 4.35. The van der Waals surface area contributed by atoms with E-state index in [1.54, 1.807) is 6.20 Å². The summed E-state index contributed by atoms with van der Waals surface area (Å²) in [5.74, 6) is 0.846. The Morgan fingerprint density at radius 3 is 2.75 bits per heavy atom. The maximum absolute atomic E-state index is 5.94. The van der Waals surface area contributed by atoms with Crippen LogP contribution >= 0.6 is 11.6 Å². The molecule has 6 heteroatoms. The van der Waals surface area contributed by atoms with Gasteiger partial charge in [-0.05, 0) is 42.3 Å². The zero-order valence-electron chi connectivity index (χ0n) is 10.9. The quantitative estimate of drug-likeness (QED) is 0.747. The summed E-state index contributed by atoms with van der Waals surface area (Å²) in [6.07, 6.45) is 2.68. The lowest BCUT2D eigenvalue weighted by atomic mass is 10.1. The number of benzene rings is 1. The highest BCUT2D eigenvalue weighted by Crippen LogP contribution is 2.27. The number of hydrogen-bond acceptors (Lipinski definition) is 4. The fourth-order valence-corrected chi connectivity index (χ4v) is 2.13. The fourth-order valence-electron chi connectivity index (χ4n) is 1.96. The van der Waals surface area contributed by atoms with E-state index in [2.05, 4.69) is 27.1 Å². The third-order valence-corrected chi connectivity index (χ3v) is 3.05. The van der Waals surface area contributed by atoms with Crippen LogP contribution in [-0.4, -0.2) is 26.8 Å². The first-order chi connectivity index (χ1) is 9.78. The molecule has 1 N–H and O–H groups in total. The van der Waals surface area contributed by atoms with Crippen LogP contribution in [0.25, 0.3) is 22.3 Å². The smallest absolute Gasteiger partial charge is 0.224 e. The highest BCUT2D eigenvalue weighted by atomic mass is 35.5. The lowest BCUT2D eigenvalue weighted by Crippen LogP contribution is -1.95. The number of aromatic nitrogens is 4. The average Bonchev–Trinajstić information content (AvgIpc) is 2.93. The lowest BCUT2D eigenvalue weighted by Gasteiger charge is -2.06. The van der Waals surface area contributed by atoms with Crippen molar-refractivity contribution in [3.63, 3.8) is 0 Å². The molecule has 0 atom stereocenters. The summed E-state index contributed by atoms with van der Waals surface area (Å²) >= 11 is 5.94. The van der Waals surface area contributed by atoms with Crippen LogP contribution in [0.1, 0.15) is 13.3 Å². The predicted octanol–water partition coefficient (Wildman–Crippen LogP) is 3.46. The third-order valence-electron chi connectivity index (χ3n) is 2.88. The number of halogens is 1. The molecular weight excluding hydrogens is 276 g/mol. The van der Waals surface area contributed by atoms with Crippen molar-refractivity contribution in [3.8, 4) is 17.0 Å². The van der Waals surface area contributed by atoms with Gasteiger partial charge in [0.2, 0.25) is 5.28 Å². The van der Waals surface area contributed by atoms with Crippen molar-refractivity contribution >= 4 is 22.6 Å². The summed E-state index contributed by atoms with van der Waals surface area (Å²) in [5.41, 5.74) is 2.34. The molecule has 20 heavy (non-hydrogen) atoms. The molecule has 0 unspecified atom stereocenters. The zero-order chi connectivity index (χ0) is 13.9. The first-order valence-corrected chi connectivity index (χ1v) is 6.75. The predicted molar refractivity (Wildman–Crippen MR) is 77.9 cm³/mol. The average molecular weight is 289 g/mol. The van der Waals surface area contributed by atoms with Crippen LogP contribution in [-0.2, 0) is 0 Å². The molecule has 0 saturated heterocycles. The number of H-pyrrole nitrogens is 1. The molecule has 0 spiro atoms. The van der Waals surface area contributed by atoms with Gasteiger partial charge >= 0.3 is 0 Å². The molecule has 0 fully saturated rings. The van der Waals surface area contributed by atoms with Gasteiger partial charge in [0.25, 0.3) is 0 Å². The van der Waals surface area contributed by atoms with Crippen molar-refractivity contribution in [2.75, 3.05) is 6.61 Å². The van der Waals surface area contributed by atoms with Crippen molar-refractivity contribution in [3.05, 3.63) is 35.7 Å². The van der Waals surface area contributed by atoms with Gasteiger partial charge in [-0.3, -0.25) is 5.10 Å². The molecule has 0 aliphatic carbocycles. The van der Waals surface area contributed by atoms with E-state index in [1.165, 1.54) is 0 Å². The van der Waals surface area contributed by atoms with Crippen LogP contribution in [0.3, 0.4) is 0 Å². The Hall–Kier alpha value is -2.14. The van der Waals surface area contributed by atoms with Crippen LogP contribution in [0, 0.1) is 0 Å². The monoisotopic (exact) mass is 288 g/mol. The van der Waals surface area contributed by atoms with Gasteiger partial charge < -0.3 is 4.74 Å². The summed E-state index contributed by atoms with van der Waals surface area (Å²) in [4.78, 5) is 8.38. The molecule has 0 amide bonds. The molecule has 0 radical (unpaired) electrons. The maximum Gasteiger partial charge on any atom is 0.224 e. The first kappa shape index (κ1) is 12.9. The SMILES string of the molecule is CCCOc1ccc(-c2nc(Cl)nc3[nH]ncc23)cc1. The van der Waals surface area contributed by atoms with E-state index >= 15 is 0 Å². The Morgan fingerprint density at radius 2 is 2.00 bits per heavy atom. The van der Waals surface area contributed by atoms with E-state index in [4.69, 9.17) is 16.3 Å². The van der Waals surface area contributed by atoms with Crippen molar-refractivity contribution < 1.29 is 4.74 Å². The van der Waals surface area contributed by atoms with E-state index in [-0.39, 0.29) is 5.28 Å². The Morgan fingerprint density at radius 1 is 1.20 bits per heavy atom. The lowest BCUT2D eigenvalue weighted by molar-refractivity contribution is 0.317. The molecule has 0 aliphatic rings. The highest BCUT2D eigenvalue weighted by molar-refractivity contribution is 6.28. The molecule has 3 aromatic rings. The number of nitrogens with zero attached hydrogens (tertiary/aromatic N) is 3. The summed E-state index contributed by atoms with van der Waals surface area (Å²) in [5, 5.41) is 7.82. The number of nitrogens with one attached hydrogen (secondary N) is 1. The minimum atomic E-state index is 0.197. The molecule has 102 valence electrons. The van der Waals surface area contributed by atoms with Crippen LogP contribution in [0.5, 0.6) is 5.75 Å². The van der Waals surface area contributed by atoms with E-state index < -0.39 is 0 Å². The number of aromatic amines is 1. The van der Waals surface area contributed by atoms with Crippen molar-refractivity contribution in [1.29, 1.82) is 0 Å². The van der Waals surface area contributed by atoms with Crippen LogP contribution < -0.4 is 4.74 Å². The van der Waals surface area contributed by atoms with Crippen molar-refractivity contribution in [2.45, 2.75) is 13.3 Å². The summed E-state index contributed by atoms with van der Waals surface area (Å²) in [6.45, 7) is 2.79.